The number of para-hydroxylation sites is 1. The number of nitrogens with one attached hydrogen (secondary N) is 2. The van der Waals surface area contributed by atoms with Gasteiger partial charge >= 0.3 is 0 Å². The number of carbonyl (C=O) groups is 2. The quantitative estimate of drug-likeness (QED) is 0.506. The van der Waals surface area contributed by atoms with E-state index in [2.05, 4.69) is 40.0 Å². The largest absolute Gasteiger partial charge is 0.379 e. The van der Waals surface area contributed by atoms with Crippen LogP contribution in [0.5, 0.6) is 0 Å². The molecule has 180 valence electrons. The van der Waals surface area contributed by atoms with E-state index in [0.29, 0.717) is 24.4 Å². The molecule has 0 atom stereocenters. The third kappa shape index (κ3) is 6.24. The molecule has 1 aliphatic rings. The van der Waals surface area contributed by atoms with Crippen molar-refractivity contribution in [1.29, 1.82) is 0 Å². The van der Waals surface area contributed by atoms with Gasteiger partial charge in [-0.3, -0.25) is 14.5 Å². The molecule has 34 heavy (non-hydrogen) atoms. The summed E-state index contributed by atoms with van der Waals surface area (Å²) in [6.07, 6.45) is 2.40. The van der Waals surface area contributed by atoms with Crippen LogP contribution in [0.2, 0.25) is 0 Å². The first-order valence-electron chi connectivity index (χ1n) is 12.0. The minimum absolute atomic E-state index is 0.00867. The Morgan fingerprint density at radius 2 is 1.85 bits per heavy atom. The van der Waals surface area contributed by atoms with Crippen molar-refractivity contribution in [3.05, 3.63) is 65.9 Å². The third-order valence-electron chi connectivity index (χ3n) is 6.02. The van der Waals surface area contributed by atoms with Gasteiger partial charge < -0.3 is 19.9 Å². The first-order chi connectivity index (χ1) is 16.5. The first kappa shape index (κ1) is 24.0. The Morgan fingerprint density at radius 3 is 2.65 bits per heavy atom. The number of ether oxygens (including phenoxy) is 1. The summed E-state index contributed by atoms with van der Waals surface area (Å²) < 4.78 is 7.50. The maximum absolute atomic E-state index is 13.0. The van der Waals surface area contributed by atoms with Crippen LogP contribution in [0.1, 0.15) is 36.2 Å². The summed E-state index contributed by atoms with van der Waals surface area (Å²) >= 11 is 0. The predicted octanol–water partition coefficient (Wildman–Crippen LogP) is 3.89. The Balaban J connectivity index is 1.34. The van der Waals surface area contributed by atoms with Crippen LogP contribution in [0, 0.1) is 5.92 Å². The highest BCUT2D eigenvalue weighted by atomic mass is 16.5. The number of nitrogens with zero attached hydrogens (tertiary/aromatic N) is 2. The molecule has 2 N–H and O–H groups in total. The van der Waals surface area contributed by atoms with Gasteiger partial charge in [0, 0.05) is 61.9 Å². The van der Waals surface area contributed by atoms with Crippen LogP contribution >= 0.6 is 0 Å². The second-order valence-electron chi connectivity index (χ2n) is 9.24. The second-order valence-corrected chi connectivity index (χ2v) is 9.24. The van der Waals surface area contributed by atoms with Crippen LogP contribution in [0.3, 0.4) is 0 Å². The van der Waals surface area contributed by atoms with Crippen molar-refractivity contribution in [2.75, 3.05) is 38.2 Å². The summed E-state index contributed by atoms with van der Waals surface area (Å²) in [4.78, 5) is 27.6. The molecule has 2 amide bonds. The van der Waals surface area contributed by atoms with E-state index in [1.807, 2.05) is 48.7 Å². The SMILES string of the molecule is CC(C)Cn1cc(C(=O)NCc2cccc(NC(=O)CCN3CCOCC3)c2)c2ccccc21. The molecule has 0 bridgehead atoms. The highest BCUT2D eigenvalue weighted by Crippen LogP contribution is 2.22. The summed E-state index contributed by atoms with van der Waals surface area (Å²) in [5.41, 5.74) is 3.43. The van der Waals surface area contributed by atoms with E-state index >= 15 is 0 Å². The van der Waals surface area contributed by atoms with Crippen molar-refractivity contribution in [2.45, 2.75) is 33.4 Å². The minimum atomic E-state index is -0.0985. The molecule has 3 aromatic rings. The second kappa shape index (κ2) is 11.3. The average Bonchev–Trinajstić information content (AvgIpc) is 3.20. The monoisotopic (exact) mass is 462 g/mol. The molecule has 0 aliphatic carbocycles. The zero-order valence-corrected chi connectivity index (χ0v) is 20.0. The van der Waals surface area contributed by atoms with Gasteiger partial charge in [-0.25, -0.2) is 0 Å². The fraction of sp³-hybridized carbons (Fsp3) is 0.407. The van der Waals surface area contributed by atoms with E-state index in [1.165, 1.54) is 0 Å². The molecule has 2 aromatic carbocycles. The van der Waals surface area contributed by atoms with Gasteiger partial charge in [0.05, 0.1) is 18.8 Å². The lowest BCUT2D eigenvalue weighted by Crippen LogP contribution is -2.38. The maximum atomic E-state index is 13.0. The van der Waals surface area contributed by atoms with Gasteiger partial charge in [-0.2, -0.15) is 0 Å². The third-order valence-corrected chi connectivity index (χ3v) is 6.02. The summed E-state index contributed by atoms with van der Waals surface area (Å²) in [7, 11) is 0. The van der Waals surface area contributed by atoms with Crippen molar-refractivity contribution in [3.8, 4) is 0 Å². The normalized spacial score (nSPS) is 14.4. The summed E-state index contributed by atoms with van der Waals surface area (Å²) in [5, 5.41) is 6.97. The number of fused-ring (bicyclic) bond motifs is 1. The number of benzene rings is 2. The van der Waals surface area contributed by atoms with E-state index in [1.54, 1.807) is 0 Å². The van der Waals surface area contributed by atoms with Crippen molar-refractivity contribution >= 4 is 28.4 Å². The zero-order valence-electron chi connectivity index (χ0n) is 20.0. The van der Waals surface area contributed by atoms with Crippen molar-refractivity contribution in [3.63, 3.8) is 0 Å². The smallest absolute Gasteiger partial charge is 0.253 e. The predicted molar refractivity (Wildman–Crippen MR) is 135 cm³/mol. The van der Waals surface area contributed by atoms with Crippen LogP contribution in [0.4, 0.5) is 5.69 Å². The lowest BCUT2D eigenvalue weighted by Gasteiger charge is -2.26. The van der Waals surface area contributed by atoms with Gasteiger partial charge in [-0.1, -0.05) is 44.2 Å². The Morgan fingerprint density at radius 1 is 1.06 bits per heavy atom. The van der Waals surface area contributed by atoms with Crippen LogP contribution < -0.4 is 10.6 Å². The lowest BCUT2D eigenvalue weighted by atomic mass is 10.1. The van der Waals surface area contributed by atoms with E-state index < -0.39 is 0 Å². The molecule has 0 saturated carbocycles. The molecule has 4 rings (SSSR count). The topological polar surface area (TPSA) is 75.6 Å². The van der Waals surface area contributed by atoms with Gasteiger partial charge in [0.1, 0.15) is 0 Å². The number of hydrogen-bond donors (Lipinski definition) is 2. The lowest BCUT2D eigenvalue weighted by molar-refractivity contribution is -0.116. The number of morpholine rings is 1. The fourth-order valence-electron chi connectivity index (χ4n) is 4.32. The molecule has 0 radical (unpaired) electrons. The van der Waals surface area contributed by atoms with Crippen LogP contribution in [-0.2, 0) is 22.6 Å². The van der Waals surface area contributed by atoms with Crippen molar-refractivity contribution in [1.82, 2.24) is 14.8 Å². The van der Waals surface area contributed by atoms with Gasteiger partial charge in [-0.15, -0.1) is 0 Å². The van der Waals surface area contributed by atoms with Crippen LogP contribution in [0.15, 0.2) is 54.7 Å². The number of anilines is 1. The van der Waals surface area contributed by atoms with E-state index in [9.17, 15) is 9.59 Å². The molecular weight excluding hydrogens is 428 g/mol. The van der Waals surface area contributed by atoms with E-state index in [0.717, 1.165) is 61.5 Å². The maximum Gasteiger partial charge on any atom is 0.253 e. The summed E-state index contributed by atoms with van der Waals surface area (Å²) in [5.74, 6) is 0.378. The highest BCUT2D eigenvalue weighted by Gasteiger charge is 2.16. The number of aromatic nitrogens is 1. The van der Waals surface area contributed by atoms with Gasteiger partial charge in [0.2, 0.25) is 5.91 Å². The molecule has 0 unspecified atom stereocenters. The summed E-state index contributed by atoms with van der Waals surface area (Å²) in [6.45, 7) is 9.53. The van der Waals surface area contributed by atoms with Gasteiger partial charge in [0.15, 0.2) is 0 Å². The average molecular weight is 463 g/mol. The molecule has 1 saturated heterocycles. The molecule has 1 aliphatic heterocycles. The Bertz CT molecular complexity index is 1130. The molecular formula is C27H34N4O3. The Labute approximate surface area is 201 Å². The van der Waals surface area contributed by atoms with E-state index in [-0.39, 0.29) is 11.8 Å². The Hall–Kier alpha value is -3.16. The highest BCUT2D eigenvalue weighted by molar-refractivity contribution is 6.07. The number of carbonyl (C=O) groups excluding carboxylic acids is 2. The van der Waals surface area contributed by atoms with Crippen molar-refractivity contribution < 1.29 is 14.3 Å². The minimum Gasteiger partial charge on any atom is -0.379 e. The molecule has 2 heterocycles. The summed E-state index contributed by atoms with van der Waals surface area (Å²) in [6, 6.07) is 15.6. The number of amides is 2. The first-order valence-corrected chi connectivity index (χ1v) is 12.0. The van der Waals surface area contributed by atoms with Crippen LogP contribution in [-0.4, -0.2) is 54.1 Å². The number of rotatable bonds is 9. The zero-order chi connectivity index (χ0) is 23.9. The van der Waals surface area contributed by atoms with Gasteiger partial charge in [0.25, 0.3) is 5.91 Å². The molecule has 0 spiro atoms. The fourth-order valence-corrected chi connectivity index (χ4v) is 4.32. The molecule has 1 aromatic heterocycles. The molecule has 7 nitrogen and oxygen atoms in total. The van der Waals surface area contributed by atoms with E-state index in [4.69, 9.17) is 4.74 Å². The molecule has 7 heteroatoms. The van der Waals surface area contributed by atoms with Crippen LogP contribution in [0.25, 0.3) is 10.9 Å². The Kier molecular flexibility index (Phi) is 7.98. The standard InChI is InChI=1S/C27H34N4O3/c1-20(2)18-31-19-24(23-8-3-4-9-25(23)31)27(33)28-17-21-6-5-7-22(16-21)29-26(32)10-11-30-12-14-34-15-13-30/h3-9,16,19-20H,10-15,17-18H2,1-2H3,(H,28,33)(H,29,32). The number of hydrogen-bond acceptors (Lipinski definition) is 4. The van der Waals surface area contributed by atoms with Gasteiger partial charge in [-0.05, 0) is 29.7 Å². The van der Waals surface area contributed by atoms with Crippen molar-refractivity contribution in [2.24, 2.45) is 5.92 Å². The molecule has 1 fully saturated rings.